The second-order valence-electron chi connectivity index (χ2n) is 6.68. The van der Waals surface area contributed by atoms with Gasteiger partial charge in [0.1, 0.15) is 11.4 Å². The summed E-state index contributed by atoms with van der Waals surface area (Å²) in [5.41, 5.74) is 2.23. The topological polar surface area (TPSA) is 57.7 Å². The van der Waals surface area contributed by atoms with Crippen LogP contribution in [0.15, 0.2) is 60.0 Å². The van der Waals surface area contributed by atoms with E-state index < -0.39 is 6.61 Å². The fraction of sp³-hybridized carbons (Fsp3) is 0.238. The highest BCUT2D eigenvalue weighted by atomic mass is 32.1. The number of nitrogens with one attached hydrogen (secondary N) is 1. The van der Waals surface area contributed by atoms with Crippen LogP contribution in [0.5, 0.6) is 5.75 Å². The minimum absolute atomic E-state index is 0.0835. The van der Waals surface area contributed by atoms with Gasteiger partial charge in [-0.2, -0.15) is 8.78 Å². The monoisotopic (exact) mass is 430 g/mol. The number of hydrogen-bond acceptors (Lipinski definition) is 6. The molecule has 1 fully saturated rings. The zero-order chi connectivity index (χ0) is 20.9. The Balaban J connectivity index is 1.33. The van der Waals surface area contributed by atoms with Crippen LogP contribution in [-0.4, -0.2) is 48.6 Å². The molecule has 2 aromatic carbocycles. The fourth-order valence-electron chi connectivity index (χ4n) is 3.24. The maximum Gasteiger partial charge on any atom is 0.387 e. The molecule has 0 atom stereocenters. The molecular weight excluding hydrogens is 410 g/mol. The van der Waals surface area contributed by atoms with E-state index in [4.69, 9.17) is 0 Å². The average molecular weight is 430 g/mol. The van der Waals surface area contributed by atoms with Crippen molar-refractivity contribution in [2.24, 2.45) is 0 Å². The predicted molar refractivity (Wildman–Crippen MR) is 113 cm³/mol. The van der Waals surface area contributed by atoms with E-state index in [1.54, 1.807) is 17.5 Å². The molecule has 1 N–H and O–H groups in total. The smallest absolute Gasteiger partial charge is 0.387 e. The molecule has 1 amide bonds. The van der Waals surface area contributed by atoms with Crippen molar-refractivity contribution in [1.82, 2.24) is 9.88 Å². The highest BCUT2D eigenvalue weighted by Crippen LogP contribution is 2.24. The van der Waals surface area contributed by atoms with Gasteiger partial charge < -0.3 is 19.9 Å². The molecule has 1 aliphatic heterocycles. The van der Waals surface area contributed by atoms with Gasteiger partial charge in [0.15, 0.2) is 5.13 Å². The first kappa shape index (κ1) is 20.1. The largest absolute Gasteiger partial charge is 0.435 e. The van der Waals surface area contributed by atoms with E-state index in [0.29, 0.717) is 29.6 Å². The summed E-state index contributed by atoms with van der Waals surface area (Å²) in [6.07, 6.45) is 0. The van der Waals surface area contributed by atoms with Gasteiger partial charge in [-0.25, -0.2) is 4.98 Å². The second kappa shape index (κ2) is 9.08. The van der Waals surface area contributed by atoms with Crippen molar-refractivity contribution >= 4 is 33.8 Å². The fourth-order valence-corrected chi connectivity index (χ4v) is 3.95. The predicted octanol–water partition coefficient (Wildman–Crippen LogP) is 4.45. The second-order valence-corrected chi connectivity index (χ2v) is 7.54. The third kappa shape index (κ3) is 4.85. The molecule has 0 aliphatic carbocycles. The lowest BCUT2D eigenvalue weighted by Crippen LogP contribution is -2.48. The van der Waals surface area contributed by atoms with Gasteiger partial charge in [0, 0.05) is 42.9 Å². The van der Waals surface area contributed by atoms with Gasteiger partial charge in [0.25, 0.3) is 5.91 Å². The van der Waals surface area contributed by atoms with Crippen molar-refractivity contribution in [3.63, 3.8) is 0 Å². The zero-order valence-electron chi connectivity index (χ0n) is 16.0. The summed E-state index contributed by atoms with van der Waals surface area (Å²) < 4.78 is 28.8. The molecule has 4 rings (SSSR count). The van der Waals surface area contributed by atoms with E-state index in [-0.39, 0.29) is 11.7 Å². The van der Waals surface area contributed by atoms with Crippen molar-refractivity contribution < 1.29 is 18.3 Å². The molecule has 3 aromatic rings. The number of ether oxygens (including phenoxy) is 1. The van der Waals surface area contributed by atoms with Crippen LogP contribution in [-0.2, 0) is 0 Å². The molecule has 2 heterocycles. The summed E-state index contributed by atoms with van der Waals surface area (Å²) in [4.78, 5) is 21.2. The molecular formula is C21H20F2N4O2S. The van der Waals surface area contributed by atoms with Crippen LogP contribution in [0.3, 0.4) is 0 Å². The standard InChI is InChI=1S/C21H20F2N4O2S/c22-20(23)29-17-8-6-15(7-9-17)24-21-25-18(14-30-21)19(28)27-12-10-26(11-13-27)16-4-2-1-3-5-16/h1-9,14,20H,10-13H2,(H,24,25). The number of aromatic nitrogens is 1. The number of carbonyl (C=O) groups excluding carboxylic acids is 1. The number of piperazine rings is 1. The van der Waals surface area contributed by atoms with Crippen LogP contribution in [0.1, 0.15) is 10.5 Å². The number of rotatable bonds is 6. The maximum atomic E-state index is 12.8. The summed E-state index contributed by atoms with van der Waals surface area (Å²) >= 11 is 1.32. The Bertz CT molecular complexity index is 974. The Morgan fingerprint density at radius 1 is 1.03 bits per heavy atom. The summed E-state index contributed by atoms with van der Waals surface area (Å²) in [5.74, 6) is -0.00658. The van der Waals surface area contributed by atoms with Gasteiger partial charge in [0.2, 0.25) is 0 Å². The number of carbonyl (C=O) groups is 1. The molecule has 9 heteroatoms. The Kier molecular flexibility index (Phi) is 6.08. The van der Waals surface area contributed by atoms with Crippen molar-refractivity contribution in [2.45, 2.75) is 6.61 Å². The summed E-state index contributed by atoms with van der Waals surface area (Å²) in [6.45, 7) is -0.0270. The lowest BCUT2D eigenvalue weighted by molar-refractivity contribution is -0.0498. The van der Waals surface area contributed by atoms with Crippen molar-refractivity contribution in [2.75, 3.05) is 36.4 Å². The van der Waals surface area contributed by atoms with E-state index in [2.05, 4.69) is 32.1 Å². The molecule has 0 saturated carbocycles. The van der Waals surface area contributed by atoms with Gasteiger partial charge in [-0.05, 0) is 36.4 Å². The number of hydrogen-bond donors (Lipinski definition) is 1. The minimum atomic E-state index is -2.86. The third-order valence-electron chi connectivity index (χ3n) is 4.74. The molecule has 0 unspecified atom stereocenters. The van der Waals surface area contributed by atoms with Crippen LogP contribution in [0, 0.1) is 0 Å². The SMILES string of the molecule is O=C(c1csc(Nc2ccc(OC(F)F)cc2)n1)N1CCN(c2ccccc2)CC1. The first-order chi connectivity index (χ1) is 14.6. The van der Waals surface area contributed by atoms with Gasteiger partial charge in [0.05, 0.1) is 0 Å². The molecule has 0 radical (unpaired) electrons. The summed E-state index contributed by atoms with van der Waals surface area (Å²) in [7, 11) is 0. The van der Waals surface area contributed by atoms with Gasteiger partial charge in [-0.1, -0.05) is 18.2 Å². The number of halogens is 2. The van der Waals surface area contributed by atoms with Crippen molar-refractivity contribution in [3.8, 4) is 5.75 Å². The highest BCUT2D eigenvalue weighted by molar-refractivity contribution is 7.14. The quantitative estimate of drug-likeness (QED) is 0.626. The number of nitrogens with zero attached hydrogens (tertiary/aromatic N) is 3. The van der Waals surface area contributed by atoms with Crippen LogP contribution < -0.4 is 15.0 Å². The van der Waals surface area contributed by atoms with Gasteiger partial charge in [-0.15, -0.1) is 11.3 Å². The van der Waals surface area contributed by atoms with Crippen LogP contribution in [0.25, 0.3) is 0 Å². The first-order valence-electron chi connectivity index (χ1n) is 9.45. The molecule has 30 heavy (non-hydrogen) atoms. The Labute approximate surface area is 176 Å². The molecule has 156 valence electrons. The van der Waals surface area contributed by atoms with E-state index >= 15 is 0 Å². The van der Waals surface area contributed by atoms with Crippen LogP contribution in [0.4, 0.5) is 25.3 Å². The average Bonchev–Trinajstić information content (AvgIpc) is 3.23. The number of thiazole rings is 1. The van der Waals surface area contributed by atoms with Crippen LogP contribution in [0.2, 0.25) is 0 Å². The number of para-hydroxylation sites is 1. The summed E-state index contributed by atoms with van der Waals surface area (Å²) in [5, 5.41) is 5.36. The van der Waals surface area contributed by atoms with Crippen LogP contribution >= 0.6 is 11.3 Å². The van der Waals surface area contributed by atoms with E-state index in [1.165, 1.54) is 23.5 Å². The van der Waals surface area contributed by atoms with Gasteiger partial charge >= 0.3 is 6.61 Å². The van der Waals surface area contributed by atoms with E-state index in [0.717, 1.165) is 18.8 Å². The number of anilines is 3. The molecule has 0 bridgehead atoms. The molecule has 0 spiro atoms. The third-order valence-corrected chi connectivity index (χ3v) is 5.50. The Hall–Kier alpha value is -3.20. The lowest BCUT2D eigenvalue weighted by atomic mass is 10.2. The Morgan fingerprint density at radius 3 is 2.40 bits per heavy atom. The van der Waals surface area contributed by atoms with Gasteiger partial charge in [-0.3, -0.25) is 4.79 Å². The number of benzene rings is 2. The number of amides is 1. The zero-order valence-corrected chi connectivity index (χ0v) is 16.8. The van der Waals surface area contributed by atoms with Crippen molar-refractivity contribution in [1.29, 1.82) is 0 Å². The minimum Gasteiger partial charge on any atom is -0.435 e. The van der Waals surface area contributed by atoms with E-state index in [9.17, 15) is 13.6 Å². The van der Waals surface area contributed by atoms with Crippen molar-refractivity contribution in [3.05, 3.63) is 65.7 Å². The highest BCUT2D eigenvalue weighted by Gasteiger charge is 2.24. The number of alkyl halides is 2. The molecule has 1 saturated heterocycles. The Morgan fingerprint density at radius 2 is 1.73 bits per heavy atom. The van der Waals surface area contributed by atoms with E-state index in [1.807, 2.05) is 23.1 Å². The molecule has 1 aliphatic rings. The first-order valence-corrected chi connectivity index (χ1v) is 10.3. The molecule has 6 nitrogen and oxygen atoms in total. The normalized spacial score (nSPS) is 14.1. The molecule has 1 aromatic heterocycles. The maximum absolute atomic E-state index is 12.8. The lowest BCUT2D eigenvalue weighted by Gasteiger charge is -2.35. The summed E-state index contributed by atoms with van der Waals surface area (Å²) in [6, 6.07) is 16.3.